The number of aromatic nitrogens is 2. The second-order valence-electron chi connectivity index (χ2n) is 6.55. The number of nitrogens with zero attached hydrogens (tertiary/aromatic N) is 4. The van der Waals surface area contributed by atoms with Gasteiger partial charge in [-0.3, -0.25) is 0 Å². The molecule has 1 aliphatic heterocycles. The van der Waals surface area contributed by atoms with Gasteiger partial charge in [-0.05, 0) is 51.0 Å². The molecule has 21 heavy (non-hydrogen) atoms. The number of hydrogen-bond donors (Lipinski definition) is 1. The zero-order chi connectivity index (χ0) is 15.2. The van der Waals surface area contributed by atoms with Gasteiger partial charge in [0.2, 0.25) is 0 Å². The minimum Gasteiger partial charge on any atom is -0.358 e. The van der Waals surface area contributed by atoms with Gasteiger partial charge in [0.15, 0.2) is 5.82 Å². The van der Waals surface area contributed by atoms with E-state index in [9.17, 15) is 0 Å². The van der Waals surface area contributed by atoms with E-state index in [-0.39, 0.29) is 0 Å². The highest BCUT2D eigenvalue weighted by Crippen LogP contribution is 2.19. The van der Waals surface area contributed by atoms with Crippen molar-refractivity contribution in [2.24, 2.45) is 5.92 Å². The van der Waals surface area contributed by atoms with Crippen LogP contribution in [0.15, 0.2) is 12.1 Å². The molecule has 0 aliphatic carbocycles. The van der Waals surface area contributed by atoms with E-state index in [0.29, 0.717) is 6.04 Å². The van der Waals surface area contributed by atoms with Crippen LogP contribution in [-0.4, -0.2) is 54.9 Å². The average Bonchev–Trinajstić information content (AvgIpc) is 2.48. The summed E-state index contributed by atoms with van der Waals surface area (Å²) in [5.41, 5.74) is 1.00. The van der Waals surface area contributed by atoms with Crippen molar-refractivity contribution in [3.05, 3.63) is 17.8 Å². The van der Waals surface area contributed by atoms with E-state index in [4.69, 9.17) is 0 Å². The molecule has 5 nitrogen and oxygen atoms in total. The quantitative estimate of drug-likeness (QED) is 0.865. The summed E-state index contributed by atoms with van der Waals surface area (Å²) in [5, 5.41) is 12.0. The Balaban J connectivity index is 1.83. The molecule has 118 valence electrons. The molecule has 5 heteroatoms. The van der Waals surface area contributed by atoms with E-state index in [0.717, 1.165) is 30.5 Å². The van der Waals surface area contributed by atoms with Crippen molar-refractivity contribution in [2.45, 2.75) is 39.3 Å². The Kier molecular flexibility index (Phi) is 5.94. The van der Waals surface area contributed by atoms with E-state index in [1.165, 1.54) is 25.9 Å². The van der Waals surface area contributed by atoms with Crippen LogP contribution in [0, 0.1) is 5.92 Å². The summed E-state index contributed by atoms with van der Waals surface area (Å²) in [7, 11) is 4.32. The molecule has 1 saturated heterocycles. The normalized spacial score (nSPS) is 17.4. The van der Waals surface area contributed by atoms with E-state index < -0.39 is 0 Å². The Hall–Kier alpha value is -1.20. The summed E-state index contributed by atoms with van der Waals surface area (Å²) in [6.07, 6.45) is 2.56. The van der Waals surface area contributed by atoms with Gasteiger partial charge in [-0.15, -0.1) is 5.10 Å². The van der Waals surface area contributed by atoms with Crippen molar-refractivity contribution in [2.75, 3.05) is 38.6 Å². The Morgan fingerprint density at radius 2 is 2.00 bits per heavy atom. The van der Waals surface area contributed by atoms with Gasteiger partial charge in [0.1, 0.15) is 0 Å². The molecule has 1 aliphatic rings. The van der Waals surface area contributed by atoms with Crippen LogP contribution in [0.2, 0.25) is 0 Å². The Bertz CT molecular complexity index is 409. The summed E-state index contributed by atoms with van der Waals surface area (Å²) in [4.78, 5) is 4.65. The van der Waals surface area contributed by atoms with Crippen LogP contribution in [0.4, 0.5) is 5.82 Å². The molecule has 2 heterocycles. The van der Waals surface area contributed by atoms with Crippen LogP contribution in [0.25, 0.3) is 0 Å². The lowest BCUT2D eigenvalue weighted by atomic mass is 9.97. The Labute approximate surface area is 128 Å². The Morgan fingerprint density at radius 3 is 2.57 bits per heavy atom. The zero-order valence-electron chi connectivity index (χ0n) is 13.8. The predicted octanol–water partition coefficient (Wildman–Crippen LogP) is 1.75. The van der Waals surface area contributed by atoms with Gasteiger partial charge in [-0.1, -0.05) is 13.8 Å². The van der Waals surface area contributed by atoms with Crippen LogP contribution >= 0.6 is 0 Å². The predicted molar refractivity (Wildman–Crippen MR) is 87.5 cm³/mol. The van der Waals surface area contributed by atoms with E-state index in [2.05, 4.69) is 65.4 Å². The van der Waals surface area contributed by atoms with Crippen molar-refractivity contribution in [3.63, 3.8) is 0 Å². The number of likely N-dealkylation sites (tertiary alicyclic amines) is 1. The molecule has 1 fully saturated rings. The molecule has 0 aromatic carbocycles. The standard InChI is InChI=1S/C16H29N5/c1-13(2)17-11-15-5-6-16(19-18-15)21(4)12-14-7-9-20(3)10-8-14/h5-6,13-14,17H,7-12H2,1-4H3. The number of nitrogens with one attached hydrogen (secondary N) is 1. The lowest BCUT2D eigenvalue weighted by Gasteiger charge is -2.31. The van der Waals surface area contributed by atoms with Crippen LogP contribution in [0.5, 0.6) is 0 Å². The molecule has 0 saturated carbocycles. The number of anilines is 1. The summed E-state index contributed by atoms with van der Waals surface area (Å²) >= 11 is 0. The van der Waals surface area contributed by atoms with Gasteiger partial charge in [-0.2, -0.15) is 5.10 Å². The molecule has 0 bridgehead atoms. The van der Waals surface area contributed by atoms with Crippen LogP contribution < -0.4 is 10.2 Å². The molecule has 2 rings (SSSR count). The second-order valence-corrected chi connectivity index (χ2v) is 6.55. The lowest BCUT2D eigenvalue weighted by Crippen LogP contribution is -2.36. The fraction of sp³-hybridized carbons (Fsp3) is 0.750. The fourth-order valence-corrected chi connectivity index (χ4v) is 2.68. The molecule has 0 radical (unpaired) electrons. The largest absolute Gasteiger partial charge is 0.358 e. The third-order valence-corrected chi connectivity index (χ3v) is 4.16. The lowest BCUT2D eigenvalue weighted by molar-refractivity contribution is 0.222. The molecule has 0 unspecified atom stereocenters. The van der Waals surface area contributed by atoms with Crippen LogP contribution in [-0.2, 0) is 6.54 Å². The minimum absolute atomic E-state index is 0.471. The molecule has 0 atom stereocenters. The number of hydrogen-bond acceptors (Lipinski definition) is 5. The maximum absolute atomic E-state index is 4.36. The summed E-state index contributed by atoms with van der Waals surface area (Å²) in [5.74, 6) is 1.75. The maximum Gasteiger partial charge on any atom is 0.150 e. The van der Waals surface area contributed by atoms with E-state index in [1.807, 2.05) is 0 Å². The summed E-state index contributed by atoms with van der Waals surface area (Å²) < 4.78 is 0. The van der Waals surface area contributed by atoms with Crippen molar-refractivity contribution in [1.29, 1.82) is 0 Å². The maximum atomic E-state index is 4.36. The van der Waals surface area contributed by atoms with Gasteiger partial charge < -0.3 is 15.1 Å². The van der Waals surface area contributed by atoms with Crippen LogP contribution in [0.1, 0.15) is 32.4 Å². The first-order valence-corrected chi connectivity index (χ1v) is 8.00. The van der Waals surface area contributed by atoms with Crippen molar-refractivity contribution >= 4 is 5.82 Å². The van der Waals surface area contributed by atoms with Gasteiger partial charge in [0, 0.05) is 26.2 Å². The molecule has 0 spiro atoms. The third-order valence-electron chi connectivity index (χ3n) is 4.16. The SMILES string of the molecule is CC(C)NCc1ccc(N(C)CC2CCN(C)CC2)nn1. The van der Waals surface area contributed by atoms with Gasteiger partial charge in [0.05, 0.1) is 5.69 Å². The van der Waals surface area contributed by atoms with Crippen molar-refractivity contribution < 1.29 is 0 Å². The topological polar surface area (TPSA) is 44.3 Å². The van der Waals surface area contributed by atoms with Crippen molar-refractivity contribution in [1.82, 2.24) is 20.4 Å². The first-order chi connectivity index (χ1) is 10.0. The molecular formula is C16H29N5. The second kappa shape index (κ2) is 7.71. The minimum atomic E-state index is 0.471. The zero-order valence-corrected chi connectivity index (χ0v) is 13.8. The van der Waals surface area contributed by atoms with Gasteiger partial charge >= 0.3 is 0 Å². The summed E-state index contributed by atoms with van der Waals surface area (Å²) in [6.45, 7) is 8.55. The molecule has 0 amide bonds. The molecular weight excluding hydrogens is 262 g/mol. The van der Waals surface area contributed by atoms with Gasteiger partial charge in [0.25, 0.3) is 0 Å². The molecule has 1 aromatic rings. The smallest absolute Gasteiger partial charge is 0.150 e. The van der Waals surface area contributed by atoms with Crippen molar-refractivity contribution in [3.8, 4) is 0 Å². The van der Waals surface area contributed by atoms with Gasteiger partial charge in [-0.25, -0.2) is 0 Å². The third kappa shape index (κ3) is 5.25. The van der Waals surface area contributed by atoms with Crippen LogP contribution in [0.3, 0.4) is 0 Å². The fourth-order valence-electron chi connectivity index (χ4n) is 2.68. The average molecular weight is 291 g/mol. The Morgan fingerprint density at radius 1 is 1.29 bits per heavy atom. The van der Waals surface area contributed by atoms with E-state index >= 15 is 0 Å². The number of rotatable bonds is 6. The highest BCUT2D eigenvalue weighted by atomic mass is 15.2. The first-order valence-electron chi connectivity index (χ1n) is 8.00. The van der Waals surface area contributed by atoms with E-state index in [1.54, 1.807) is 0 Å². The first kappa shape index (κ1) is 16.2. The summed E-state index contributed by atoms with van der Waals surface area (Å²) in [6, 6.07) is 4.63. The highest BCUT2D eigenvalue weighted by molar-refractivity contribution is 5.36. The molecule has 1 aromatic heterocycles. The molecule has 1 N–H and O–H groups in total. The highest BCUT2D eigenvalue weighted by Gasteiger charge is 2.18. The number of piperidine rings is 1. The monoisotopic (exact) mass is 291 g/mol.